The van der Waals surface area contributed by atoms with Gasteiger partial charge in [-0.25, -0.2) is 13.4 Å². The molecular weight excluding hydrogens is 522 g/mol. The van der Waals surface area contributed by atoms with Crippen LogP contribution in [0.4, 0.5) is 5.69 Å². The van der Waals surface area contributed by atoms with Gasteiger partial charge in [-0.05, 0) is 63.1 Å². The first-order chi connectivity index (χ1) is 18.1. The molecule has 8 nitrogen and oxygen atoms in total. The zero-order chi connectivity index (χ0) is 27.3. The highest BCUT2D eigenvalue weighted by atomic mass is 35.5. The van der Waals surface area contributed by atoms with Crippen molar-refractivity contribution in [2.24, 2.45) is 0 Å². The van der Waals surface area contributed by atoms with Gasteiger partial charge < -0.3 is 15.2 Å². The zero-order valence-corrected chi connectivity index (χ0v) is 23.8. The molecule has 0 aliphatic carbocycles. The van der Waals surface area contributed by atoms with Crippen molar-refractivity contribution in [3.8, 4) is 11.4 Å². The van der Waals surface area contributed by atoms with E-state index >= 15 is 0 Å². The van der Waals surface area contributed by atoms with Gasteiger partial charge >= 0.3 is 0 Å². The van der Waals surface area contributed by atoms with Crippen molar-refractivity contribution in [1.29, 1.82) is 0 Å². The number of hydrogen-bond donors (Lipinski definition) is 2. The van der Waals surface area contributed by atoms with Crippen molar-refractivity contribution in [3.05, 3.63) is 70.0 Å². The van der Waals surface area contributed by atoms with E-state index in [9.17, 15) is 13.2 Å². The van der Waals surface area contributed by atoms with Crippen LogP contribution in [0.15, 0.2) is 42.5 Å². The minimum atomic E-state index is -3.68. The number of amides is 1. The summed E-state index contributed by atoms with van der Waals surface area (Å²) in [4.78, 5) is 24.7. The second-order valence-electron chi connectivity index (χ2n) is 9.99. The molecule has 2 heterocycles. The Hall–Kier alpha value is -2.88. The number of anilines is 1. The minimum absolute atomic E-state index is 0.308. The Bertz CT molecular complexity index is 1380. The number of nitrogens with one attached hydrogen (secondary N) is 2. The maximum atomic E-state index is 12.7. The van der Waals surface area contributed by atoms with Crippen LogP contribution in [0.1, 0.15) is 28.9 Å². The number of aryl methyl sites for hydroxylation is 3. The zero-order valence-electron chi connectivity index (χ0n) is 22.3. The van der Waals surface area contributed by atoms with Crippen molar-refractivity contribution >= 4 is 33.0 Å². The number of carbonyl (C=O) groups is 1. The third-order valence-corrected chi connectivity index (χ3v) is 8.62. The summed E-state index contributed by atoms with van der Waals surface area (Å²) in [6.07, 6.45) is 0.773. The number of hydrogen-bond acceptors (Lipinski definition) is 6. The van der Waals surface area contributed by atoms with Gasteiger partial charge in [0, 0.05) is 49.7 Å². The molecule has 0 saturated carbocycles. The molecule has 1 aromatic heterocycles. The molecule has 0 unspecified atom stereocenters. The number of H-pyrrole nitrogens is 1. The fourth-order valence-corrected chi connectivity index (χ4v) is 6.26. The van der Waals surface area contributed by atoms with Crippen LogP contribution >= 0.6 is 11.6 Å². The molecule has 0 atom stereocenters. The molecule has 1 aliphatic heterocycles. The second kappa shape index (κ2) is 12.3. The molecule has 10 heteroatoms. The summed E-state index contributed by atoms with van der Waals surface area (Å²) in [5.74, 6) is -0.838. The molecule has 2 aromatic carbocycles. The molecule has 0 spiro atoms. The predicted molar refractivity (Wildman–Crippen MR) is 153 cm³/mol. The summed E-state index contributed by atoms with van der Waals surface area (Å²) in [5.41, 5.74) is 5.61. The molecular formula is C28H36ClN5O3S. The van der Waals surface area contributed by atoms with Gasteiger partial charge in [0.1, 0.15) is 11.6 Å². The van der Waals surface area contributed by atoms with E-state index in [1.54, 1.807) is 13.0 Å². The molecule has 1 amide bonds. The molecule has 2 N–H and O–H groups in total. The summed E-state index contributed by atoms with van der Waals surface area (Å²) >= 11 is 6.24. The van der Waals surface area contributed by atoms with Gasteiger partial charge in [0.25, 0.3) is 0 Å². The van der Waals surface area contributed by atoms with Crippen LogP contribution in [0.5, 0.6) is 0 Å². The number of benzene rings is 2. The molecule has 204 valence electrons. The van der Waals surface area contributed by atoms with Gasteiger partial charge in [0.15, 0.2) is 9.84 Å². The van der Waals surface area contributed by atoms with Gasteiger partial charge in [0.2, 0.25) is 5.91 Å². The summed E-state index contributed by atoms with van der Waals surface area (Å²) in [6, 6.07) is 13.8. The van der Waals surface area contributed by atoms with E-state index in [1.165, 1.54) is 16.8 Å². The van der Waals surface area contributed by atoms with Gasteiger partial charge in [-0.15, -0.1) is 0 Å². The third-order valence-electron chi connectivity index (χ3n) is 6.87. The van der Waals surface area contributed by atoms with E-state index in [-0.39, 0.29) is 5.75 Å². The highest BCUT2D eigenvalue weighted by molar-refractivity contribution is 7.91. The van der Waals surface area contributed by atoms with Gasteiger partial charge in [-0.3, -0.25) is 9.69 Å². The average molecular weight is 558 g/mol. The largest absolute Gasteiger partial charge is 0.369 e. The minimum Gasteiger partial charge on any atom is -0.369 e. The van der Waals surface area contributed by atoms with Crippen LogP contribution in [0.2, 0.25) is 5.02 Å². The smallest absolute Gasteiger partial charge is 0.235 e. The summed E-state index contributed by atoms with van der Waals surface area (Å²) in [5, 5.41) is 3.29. The quantitative estimate of drug-likeness (QED) is 0.367. The topological polar surface area (TPSA) is 98.4 Å². The maximum Gasteiger partial charge on any atom is 0.235 e. The Labute approximate surface area is 230 Å². The van der Waals surface area contributed by atoms with Gasteiger partial charge in [-0.2, -0.15) is 0 Å². The molecule has 0 bridgehead atoms. The average Bonchev–Trinajstić information content (AvgIpc) is 3.22. The van der Waals surface area contributed by atoms with Crippen LogP contribution in [0.3, 0.4) is 0 Å². The SMILES string of the molecule is Cc1ccc(C)c(N2CCN(CCCNC(=O)CS(=O)(=O)Cc3nc(-c4ccccc4Cl)[nH]c3C)CC2)c1. The van der Waals surface area contributed by atoms with E-state index in [0.717, 1.165) is 39.1 Å². The lowest BCUT2D eigenvalue weighted by Crippen LogP contribution is -2.47. The van der Waals surface area contributed by atoms with Crippen LogP contribution < -0.4 is 10.2 Å². The van der Waals surface area contributed by atoms with Crippen molar-refractivity contribution in [2.45, 2.75) is 32.9 Å². The molecule has 1 saturated heterocycles. The standard InChI is InChI=1S/C28H36ClN5O3S/c1-20-9-10-21(2)26(17-20)34-15-13-33(14-16-34)12-6-11-30-27(35)19-38(36,37)18-25-22(3)31-28(32-25)23-7-4-5-8-24(23)29/h4-5,7-10,17H,6,11-16,18-19H2,1-3H3,(H,30,35)(H,31,32). The number of piperazine rings is 1. The highest BCUT2D eigenvalue weighted by Crippen LogP contribution is 2.27. The predicted octanol–water partition coefficient (Wildman–Crippen LogP) is 3.90. The Morgan fingerprint density at radius 2 is 1.82 bits per heavy atom. The number of nitrogens with zero attached hydrogens (tertiary/aromatic N) is 3. The number of imidazole rings is 1. The van der Waals surface area contributed by atoms with E-state index in [0.29, 0.717) is 34.3 Å². The number of aromatic nitrogens is 2. The van der Waals surface area contributed by atoms with Crippen LogP contribution in [-0.4, -0.2) is 74.2 Å². The number of halogens is 1. The molecule has 1 fully saturated rings. The molecule has 38 heavy (non-hydrogen) atoms. The van der Waals surface area contributed by atoms with Crippen LogP contribution in [0.25, 0.3) is 11.4 Å². The maximum absolute atomic E-state index is 12.7. The van der Waals surface area contributed by atoms with Crippen molar-refractivity contribution in [3.63, 3.8) is 0 Å². The number of carbonyl (C=O) groups excluding carboxylic acids is 1. The Kier molecular flexibility index (Phi) is 9.12. The van der Waals surface area contributed by atoms with Gasteiger partial charge in [0.05, 0.1) is 16.5 Å². The monoisotopic (exact) mass is 557 g/mol. The lowest BCUT2D eigenvalue weighted by Gasteiger charge is -2.37. The first-order valence-electron chi connectivity index (χ1n) is 12.9. The van der Waals surface area contributed by atoms with E-state index in [2.05, 4.69) is 57.1 Å². The third kappa shape index (κ3) is 7.36. The van der Waals surface area contributed by atoms with Crippen LogP contribution in [-0.2, 0) is 20.4 Å². The summed E-state index contributed by atoms with van der Waals surface area (Å²) in [6.45, 7) is 11.2. The summed E-state index contributed by atoms with van der Waals surface area (Å²) in [7, 11) is -3.68. The Morgan fingerprint density at radius 1 is 1.08 bits per heavy atom. The van der Waals surface area contributed by atoms with Gasteiger partial charge in [-0.1, -0.05) is 35.9 Å². The highest BCUT2D eigenvalue weighted by Gasteiger charge is 2.22. The molecule has 1 aliphatic rings. The fraction of sp³-hybridized carbons (Fsp3) is 0.429. The van der Waals surface area contributed by atoms with E-state index in [1.807, 2.05) is 18.2 Å². The lowest BCUT2D eigenvalue weighted by molar-refractivity contribution is -0.118. The van der Waals surface area contributed by atoms with E-state index in [4.69, 9.17) is 11.6 Å². The molecule has 4 rings (SSSR count). The molecule has 3 aromatic rings. The molecule has 0 radical (unpaired) electrons. The number of rotatable bonds is 10. The van der Waals surface area contributed by atoms with Crippen LogP contribution in [0, 0.1) is 20.8 Å². The lowest BCUT2D eigenvalue weighted by atomic mass is 10.1. The normalized spacial score (nSPS) is 14.6. The number of sulfone groups is 1. The Morgan fingerprint density at radius 3 is 2.55 bits per heavy atom. The second-order valence-corrected chi connectivity index (χ2v) is 12.5. The fourth-order valence-electron chi connectivity index (χ4n) is 4.73. The first-order valence-corrected chi connectivity index (χ1v) is 15.1. The Balaban J connectivity index is 1.19. The summed E-state index contributed by atoms with van der Waals surface area (Å²) < 4.78 is 25.4. The first kappa shape index (κ1) is 28.1. The number of aromatic amines is 1. The van der Waals surface area contributed by atoms with Crippen molar-refractivity contribution < 1.29 is 13.2 Å². The van der Waals surface area contributed by atoms with E-state index < -0.39 is 21.5 Å². The van der Waals surface area contributed by atoms with Crippen molar-refractivity contribution in [1.82, 2.24) is 20.2 Å². The van der Waals surface area contributed by atoms with Crippen molar-refractivity contribution in [2.75, 3.05) is 49.9 Å².